The van der Waals surface area contributed by atoms with E-state index in [2.05, 4.69) is 29.7 Å². The fraction of sp³-hybridized carbons (Fsp3) is 0.542. The van der Waals surface area contributed by atoms with Crippen LogP contribution in [-0.4, -0.2) is 39.2 Å². The Labute approximate surface area is 194 Å². The minimum atomic E-state index is -1.63. The normalized spacial score (nSPS) is 15.8. The second-order valence-electron chi connectivity index (χ2n) is 10.2. The summed E-state index contributed by atoms with van der Waals surface area (Å²) in [5.41, 5.74) is 2.38. The fourth-order valence-electron chi connectivity index (χ4n) is 4.59. The Morgan fingerprint density at radius 1 is 1.24 bits per heavy atom. The van der Waals surface area contributed by atoms with Crippen LogP contribution in [0, 0.1) is 12.8 Å². The molecule has 1 saturated carbocycles. The number of halogens is 2. The van der Waals surface area contributed by atoms with Crippen LogP contribution in [0.5, 0.6) is 0 Å². The van der Waals surface area contributed by atoms with Crippen molar-refractivity contribution < 1.29 is 13.6 Å². The first-order valence-corrected chi connectivity index (χ1v) is 15.5. The van der Waals surface area contributed by atoms with Crippen molar-refractivity contribution in [1.82, 2.24) is 24.5 Å². The van der Waals surface area contributed by atoms with Gasteiger partial charge in [-0.2, -0.15) is 18.6 Å². The van der Waals surface area contributed by atoms with E-state index in [0.717, 1.165) is 60.1 Å². The fourth-order valence-corrected chi connectivity index (χ4v) is 5.29. The van der Waals surface area contributed by atoms with Crippen molar-refractivity contribution in [2.24, 2.45) is 5.92 Å². The van der Waals surface area contributed by atoms with Gasteiger partial charge in [0.2, 0.25) is 0 Å². The highest BCUT2D eigenvalue weighted by atomic mass is 28.3. The van der Waals surface area contributed by atoms with Gasteiger partial charge in [0.05, 0.1) is 17.9 Å². The first-order chi connectivity index (χ1) is 15.7. The van der Waals surface area contributed by atoms with Crippen LogP contribution in [0.4, 0.5) is 8.78 Å². The van der Waals surface area contributed by atoms with Crippen LogP contribution >= 0.6 is 0 Å². The Bertz CT molecular complexity index is 1120. The molecule has 0 N–H and O–H groups in total. The maximum atomic E-state index is 12.8. The smallest absolute Gasteiger partial charge is 0.266 e. The summed E-state index contributed by atoms with van der Waals surface area (Å²) in [6, 6.07) is 2.95. The first-order valence-electron chi connectivity index (χ1n) is 11.8. The van der Waals surface area contributed by atoms with Gasteiger partial charge in [-0.15, -0.1) is 0 Å². The van der Waals surface area contributed by atoms with Crippen LogP contribution in [0.3, 0.4) is 0 Å². The van der Waals surface area contributed by atoms with E-state index >= 15 is 0 Å². The summed E-state index contributed by atoms with van der Waals surface area (Å²) in [5, 5.41) is 5.47. The lowest BCUT2D eigenvalue weighted by Gasteiger charge is -2.22. The SMILES string of the molecule is Cc1nc(-c2cnn(C(CC=C(F)F)C3CCCC3)c2)c2ccn(OCC[Si](C)(C)C)c2n1. The van der Waals surface area contributed by atoms with Crippen molar-refractivity contribution in [1.29, 1.82) is 0 Å². The molecule has 0 spiro atoms. The van der Waals surface area contributed by atoms with Crippen LogP contribution in [0.25, 0.3) is 22.3 Å². The quantitative estimate of drug-likeness (QED) is 0.344. The van der Waals surface area contributed by atoms with Crippen LogP contribution in [0.15, 0.2) is 36.8 Å². The number of allylic oxidation sites excluding steroid dienone is 1. The molecule has 0 aromatic carbocycles. The highest BCUT2D eigenvalue weighted by Gasteiger charge is 2.27. The summed E-state index contributed by atoms with van der Waals surface area (Å²) in [5.74, 6) is 1.01. The molecule has 0 amide bonds. The molecule has 0 saturated heterocycles. The highest BCUT2D eigenvalue weighted by Crippen LogP contribution is 2.37. The monoisotopic (exact) mass is 473 g/mol. The molecule has 1 fully saturated rings. The average Bonchev–Trinajstić information content (AvgIpc) is 3.48. The van der Waals surface area contributed by atoms with Gasteiger partial charge in [0, 0.05) is 31.4 Å². The molecule has 0 radical (unpaired) electrons. The maximum Gasteiger partial charge on any atom is 0.266 e. The van der Waals surface area contributed by atoms with E-state index in [1.807, 2.05) is 30.1 Å². The van der Waals surface area contributed by atoms with Gasteiger partial charge in [-0.25, -0.2) is 9.97 Å². The van der Waals surface area contributed by atoms with Crippen molar-refractivity contribution in [2.75, 3.05) is 6.61 Å². The minimum Gasteiger partial charge on any atom is -0.413 e. The molecule has 3 heterocycles. The van der Waals surface area contributed by atoms with Gasteiger partial charge in [-0.3, -0.25) is 4.68 Å². The predicted octanol–water partition coefficient (Wildman–Crippen LogP) is 6.27. The van der Waals surface area contributed by atoms with Gasteiger partial charge in [0.1, 0.15) is 12.4 Å². The van der Waals surface area contributed by atoms with E-state index in [0.29, 0.717) is 18.3 Å². The Kier molecular flexibility index (Phi) is 6.97. The van der Waals surface area contributed by atoms with E-state index in [1.165, 1.54) is 0 Å². The third-order valence-electron chi connectivity index (χ3n) is 6.38. The van der Waals surface area contributed by atoms with E-state index in [1.54, 1.807) is 10.9 Å². The predicted molar refractivity (Wildman–Crippen MR) is 129 cm³/mol. The van der Waals surface area contributed by atoms with Crippen LogP contribution in [0.1, 0.15) is 44.0 Å². The number of aryl methyl sites for hydroxylation is 1. The van der Waals surface area contributed by atoms with Crippen LogP contribution in [-0.2, 0) is 0 Å². The average molecular weight is 474 g/mol. The molecule has 0 aliphatic heterocycles. The molecule has 4 rings (SSSR count). The largest absolute Gasteiger partial charge is 0.413 e. The molecule has 1 atom stereocenters. The zero-order valence-electron chi connectivity index (χ0n) is 19.9. The Balaban J connectivity index is 1.63. The number of hydrogen-bond acceptors (Lipinski definition) is 4. The Morgan fingerprint density at radius 2 is 2.00 bits per heavy atom. The topological polar surface area (TPSA) is 57.8 Å². The van der Waals surface area contributed by atoms with Crippen molar-refractivity contribution in [3.05, 3.63) is 42.6 Å². The molecule has 3 aromatic rings. The molecule has 1 unspecified atom stereocenters. The lowest BCUT2D eigenvalue weighted by molar-refractivity contribution is 0.130. The number of aromatic nitrogens is 5. The van der Waals surface area contributed by atoms with E-state index in [4.69, 9.17) is 9.82 Å². The summed E-state index contributed by atoms with van der Waals surface area (Å²) in [6.45, 7) is 9.48. The molecule has 0 bridgehead atoms. The van der Waals surface area contributed by atoms with Gasteiger partial charge in [0.15, 0.2) is 5.65 Å². The van der Waals surface area contributed by atoms with E-state index < -0.39 is 14.2 Å². The van der Waals surface area contributed by atoms with Gasteiger partial charge in [0.25, 0.3) is 6.08 Å². The van der Waals surface area contributed by atoms with Crippen LogP contribution < -0.4 is 4.84 Å². The zero-order chi connectivity index (χ0) is 23.6. The van der Waals surface area contributed by atoms with Gasteiger partial charge in [-0.1, -0.05) is 32.5 Å². The molecular weight excluding hydrogens is 440 g/mol. The summed E-state index contributed by atoms with van der Waals surface area (Å²) in [6.07, 6.45) is 9.68. The number of rotatable bonds is 9. The van der Waals surface area contributed by atoms with Crippen LogP contribution in [0.2, 0.25) is 25.7 Å². The maximum absolute atomic E-state index is 12.8. The lowest BCUT2D eigenvalue weighted by Crippen LogP contribution is -2.25. The van der Waals surface area contributed by atoms with Crippen molar-refractivity contribution in [3.63, 3.8) is 0 Å². The van der Waals surface area contributed by atoms with Gasteiger partial charge < -0.3 is 4.84 Å². The third-order valence-corrected chi connectivity index (χ3v) is 8.08. The standard InChI is InChI=1S/C24H33F2N5OSi/c1-17-28-23(20-11-12-31(24(20)29-17)32-13-14-33(2,3)4)19-15-27-30(16-19)21(9-10-22(25)26)18-7-5-6-8-18/h10-12,15-16,18,21H,5-9,13-14H2,1-4H3. The number of hydrogen-bond donors (Lipinski definition) is 0. The number of nitrogens with zero attached hydrogens (tertiary/aromatic N) is 5. The van der Waals surface area contributed by atoms with Crippen molar-refractivity contribution in [3.8, 4) is 11.3 Å². The van der Waals surface area contributed by atoms with Gasteiger partial charge in [-0.05, 0) is 50.3 Å². The first kappa shape index (κ1) is 23.6. The number of fused-ring (bicyclic) bond motifs is 1. The summed E-state index contributed by atoms with van der Waals surface area (Å²) < 4.78 is 29.3. The Morgan fingerprint density at radius 3 is 2.70 bits per heavy atom. The van der Waals surface area contributed by atoms with Crippen molar-refractivity contribution >= 4 is 19.1 Å². The molecule has 3 aromatic heterocycles. The van der Waals surface area contributed by atoms with Gasteiger partial charge >= 0.3 is 0 Å². The molecule has 33 heavy (non-hydrogen) atoms. The molecule has 9 heteroatoms. The van der Waals surface area contributed by atoms with Crippen molar-refractivity contribution in [2.45, 2.75) is 70.8 Å². The minimum absolute atomic E-state index is 0.0735. The molecule has 1 aliphatic rings. The molecular formula is C24H33F2N5OSi. The summed E-state index contributed by atoms with van der Waals surface area (Å²) >= 11 is 0. The second kappa shape index (κ2) is 9.75. The molecule has 178 valence electrons. The third kappa shape index (κ3) is 5.69. The summed E-state index contributed by atoms with van der Waals surface area (Å²) in [4.78, 5) is 15.3. The lowest BCUT2D eigenvalue weighted by atomic mass is 9.95. The summed E-state index contributed by atoms with van der Waals surface area (Å²) in [7, 11) is -1.20. The van der Waals surface area contributed by atoms with E-state index in [9.17, 15) is 8.78 Å². The molecule has 1 aliphatic carbocycles. The van der Waals surface area contributed by atoms with E-state index in [-0.39, 0.29) is 12.5 Å². The molecule has 6 nitrogen and oxygen atoms in total. The second-order valence-corrected chi connectivity index (χ2v) is 15.8. The highest BCUT2D eigenvalue weighted by molar-refractivity contribution is 6.76. The zero-order valence-corrected chi connectivity index (χ0v) is 20.9. The Hall–Kier alpha value is -2.55.